The van der Waals surface area contributed by atoms with Crippen LogP contribution in [0.15, 0.2) is 65.6 Å². The molecule has 1 aromatic heterocycles. The predicted molar refractivity (Wildman–Crippen MR) is 123 cm³/mol. The standard InChI is InChI=1S/C25H22N4O4/c1-29-14-19(15-5-3-2-4-6-15)12-20(22(29)31)26-21(30)17-7-8-18-13-25(10-9-16(18)11-17)23(32)27-24(33)28-25/h2-8,11-12,14H,9-10,13H2,1H3,(H,26,30)(H2,27,28,32,33). The van der Waals surface area contributed by atoms with Crippen molar-refractivity contribution in [2.75, 3.05) is 5.32 Å². The van der Waals surface area contributed by atoms with Crippen LogP contribution in [-0.4, -0.2) is 28.0 Å². The molecule has 0 saturated carbocycles. The molecular formula is C25H22N4O4. The van der Waals surface area contributed by atoms with Crippen LogP contribution in [-0.2, 0) is 24.7 Å². The Morgan fingerprint density at radius 3 is 2.52 bits per heavy atom. The van der Waals surface area contributed by atoms with Gasteiger partial charge in [0.25, 0.3) is 17.4 Å². The molecule has 1 saturated heterocycles. The highest BCUT2D eigenvalue weighted by atomic mass is 16.2. The Morgan fingerprint density at radius 1 is 1.00 bits per heavy atom. The van der Waals surface area contributed by atoms with E-state index in [1.807, 2.05) is 30.3 Å². The summed E-state index contributed by atoms with van der Waals surface area (Å²) in [6, 6.07) is 16.1. The maximum Gasteiger partial charge on any atom is 0.322 e. The van der Waals surface area contributed by atoms with Gasteiger partial charge < -0.3 is 15.2 Å². The van der Waals surface area contributed by atoms with Crippen molar-refractivity contribution >= 4 is 23.5 Å². The fraction of sp³-hybridized carbons (Fsp3) is 0.200. The quantitative estimate of drug-likeness (QED) is 0.541. The molecule has 2 heterocycles. The zero-order chi connectivity index (χ0) is 23.2. The molecule has 3 N–H and O–H groups in total. The Morgan fingerprint density at radius 2 is 1.79 bits per heavy atom. The third-order valence-corrected chi connectivity index (χ3v) is 6.33. The Hall–Kier alpha value is -4.20. The van der Waals surface area contributed by atoms with Crippen LogP contribution in [0.1, 0.15) is 27.9 Å². The number of imide groups is 1. The van der Waals surface area contributed by atoms with Gasteiger partial charge in [0.2, 0.25) is 0 Å². The van der Waals surface area contributed by atoms with Crippen LogP contribution in [0, 0.1) is 0 Å². The van der Waals surface area contributed by atoms with Gasteiger partial charge in [-0.15, -0.1) is 0 Å². The summed E-state index contributed by atoms with van der Waals surface area (Å²) in [6.07, 6.45) is 3.12. The number of hydrogen-bond acceptors (Lipinski definition) is 4. The van der Waals surface area contributed by atoms with E-state index in [0.29, 0.717) is 24.8 Å². The van der Waals surface area contributed by atoms with E-state index in [2.05, 4.69) is 16.0 Å². The normalized spacial score (nSPS) is 19.1. The molecule has 1 aliphatic carbocycles. The predicted octanol–water partition coefficient (Wildman–Crippen LogP) is 2.37. The molecule has 1 aliphatic heterocycles. The number of urea groups is 1. The fourth-order valence-electron chi connectivity index (χ4n) is 4.55. The van der Waals surface area contributed by atoms with Crippen molar-refractivity contribution in [3.8, 4) is 11.1 Å². The van der Waals surface area contributed by atoms with E-state index in [4.69, 9.17) is 0 Å². The van der Waals surface area contributed by atoms with E-state index in [9.17, 15) is 19.2 Å². The monoisotopic (exact) mass is 442 g/mol. The van der Waals surface area contributed by atoms with E-state index >= 15 is 0 Å². The molecule has 0 radical (unpaired) electrons. The van der Waals surface area contributed by atoms with Crippen LogP contribution in [0.3, 0.4) is 0 Å². The third-order valence-electron chi connectivity index (χ3n) is 6.33. The van der Waals surface area contributed by atoms with Crippen LogP contribution in [0.5, 0.6) is 0 Å². The van der Waals surface area contributed by atoms with Gasteiger partial charge in [-0.05, 0) is 47.7 Å². The highest BCUT2D eigenvalue weighted by molar-refractivity contribution is 6.07. The van der Waals surface area contributed by atoms with Crippen LogP contribution in [0.25, 0.3) is 11.1 Å². The van der Waals surface area contributed by atoms with Crippen molar-refractivity contribution < 1.29 is 14.4 Å². The molecule has 1 unspecified atom stereocenters. The van der Waals surface area contributed by atoms with E-state index in [0.717, 1.165) is 22.3 Å². The van der Waals surface area contributed by atoms with E-state index in [1.165, 1.54) is 4.57 Å². The van der Waals surface area contributed by atoms with Gasteiger partial charge in [-0.1, -0.05) is 36.4 Å². The summed E-state index contributed by atoms with van der Waals surface area (Å²) in [4.78, 5) is 49.5. The van der Waals surface area contributed by atoms with Gasteiger partial charge in [-0.3, -0.25) is 19.7 Å². The number of nitrogens with zero attached hydrogens (tertiary/aromatic N) is 1. The first kappa shape index (κ1) is 20.7. The molecule has 1 spiro atoms. The van der Waals surface area contributed by atoms with Gasteiger partial charge in [-0.25, -0.2) is 4.79 Å². The van der Waals surface area contributed by atoms with Crippen molar-refractivity contribution in [2.45, 2.75) is 24.8 Å². The fourth-order valence-corrected chi connectivity index (χ4v) is 4.55. The lowest BCUT2D eigenvalue weighted by atomic mass is 9.77. The zero-order valence-corrected chi connectivity index (χ0v) is 18.0. The number of amides is 4. The number of pyridine rings is 1. The summed E-state index contributed by atoms with van der Waals surface area (Å²) in [5, 5.41) is 7.80. The minimum atomic E-state index is -0.919. The van der Waals surface area contributed by atoms with E-state index in [1.54, 1.807) is 37.5 Å². The smallest absolute Gasteiger partial charge is 0.322 e. The zero-order valence-electron chi connectivity index (χ0n) is 18.0. The summed E-state index contributed by atoms with van der Waals surface area (Å²) in [6.45, 7) is 0. The number of anilines is 1. The minimum Gasteiger partial charge on any atom is -0.323 e. The van der Waals surface area contributed by atoms with Crippen LogP contribution in [0.4, 0.5) is 10.5 Å². The Labute approximate surface area is 189 Å². The Bertz CT molecular complexity index is 1360. The molecule has 3 aromatic rings. The minimum absolute atomic E-state index is 0.200. The lowest BCUT2D eigenvalue weighted by Crippen LogP contribution is -2.51. The second-order valence-electron chi connectivity index (χ2n) is 8.53. The number of carbonyl (C=O) groups is 3. The summed E-state index contributed by atoms with van der Waals surface area (Å²) >= 11 is 0. The van der Waals surface area contributed by atoms with Crippen LogP contribution >= 0.6 is 0 Å². The first-order valence-electron chi connectivity index (χ1n) is 10.7. The summed E-state index contributed by atoms with van der Waals surface area (Å²) < 4.78 is 1.45. The van der Waals surface area contributed by atoms with E-state index in [-0.39, 0.29) is 23.1 Å². The molecule has 8 heteroatoms. The number of benzene rings is 2. The molecule has 2 aliphatic rings. The van der Waals surface area contributed by atoms with Crippen molar-refractivity contribution in [3.05, 3.63) is 87.8 Å². The molecule has 2 aromatic carbocycles. The van der Waals surface area contributed by atoms with Crippen LogP contribution < -0.4 is 21.5 Å². The Balaban J connectivity index is 1.40. The summed E-state index contributed by atoms with van der Waals surface area (Å²) in [7, 11) is 1.65. The number of carbonyl (C=O) groups excluding carboxylic acids is 3. The topological polar surface area (TPSA) is 109 Å². The number of aromatic nitrogens is 1. The maximum atomic E-state index is 13.0. The summed E-state index contributed by atoms with van der Waals surface area (Å²) in [5.74, 6) is -0.693. The average molecular weight is 442 g/mol. The van der Waals surface area contributed by atoms with Gasteiger partial charge in [0.05, 0.1) is 0 Å². The molecule has 5 rings (SSSR count). The van der Waals surface area contributed by atoms with Crippen molar-refractivity contribution in [2.24, 2.45) is 7.05 Å². The molecular weight excluding hydrogens is 420 g/mol. The number of aryl methyl sites for hydroxylation is 2. The lowest BCUT2D eigenvalue weighted by molar-refractivity contribution is -0.124. The first-order chi connectivity index (χ1) is 15.8. The molecule has 1 atom stereocenters. The second kappa shape index (κ2) is 7.74. The van der Waals surface area contributed by atoms with Crippen LogP contribution in [0.2, 0.25) is 0 Å². The number of rotatable bonds is 3. The van der Waals surface area contributed by atoms with Crippen molar-refractivity contribution in [1.82, 2.24) is 15.2 Å². The van der Waals surface area contributed by atoms with Crippen molar-refractivity contribution in [3.63, 3.8) is 0 Å². The van der Waals surface area contributed by atoms with E-state index < -0.39 is 11.6 Å². The third kappa shape index (κ3) is 3.69. The van der Waals surface area contributed by atoms with Gasteiger partial charge in [-0.2, -0.15) is 0 Å². The molecule has 166 valence electrons. The lowest BCUT2D eigenvalue weighted by Gasteiger charge is -2.32. The molecule has 0 bridgehead atoms. The largest absolute Gasteiger partial charge is 0.323 e. The second-order valence-corrected chi connectivity index (χ2v) is 8.53. The summed E-state index contributed by atoms with van der Waals surface area (Å²) in [5.41, 5.74) is 3.03. The SMILES string of the molecule is Cn1cc(-c2ccccc2)cc(NC(=O)c2ccc3c(c2)CCC2(C3)NC(=O)NC2=O)c1=O. The van der Waals surface area contributed by atoms with Gasteiger partial charge >= 0.3 is 6.03 Å². The highest BCUT2D eigenvalue weighted by Crippen LogP contribution is 2.31. The van der Waals surface area contributed by atoms with Crippen molar-refractivity contribution in [1.29, 1.82) is 0 Å². The maximum absolute atomic E-state index is 13.0. The molecule has 1 fully saturated rings. The molecule has 8 nitrogen and oxygen atoms in total. The number of nitrogens with one attached hydrogen (secondary N) is 3. The Kier molecular flexibility index (Phi) is 4.85. The first-order valence-corrected chi connectivity index (χ1v) is 10.7. The molecule has 33 heavy (non-hydrogen) atoms. The number of fused-ring (bicyclic) bond motifs is 1. The average Bonchev–Trinajstić information content (AvgIpc) is 3.08. The van der Waals surface area contributed by atoms with Gasteiger partial charge in [0, 0.05) is 30.8 Å². The molecule has 4 amide bonds. The van der Waals surface area contributed by atoms with Gasteiger partial charge in [0.15, 0.2) is 0 Å². The highest BCUT2D eigenvalue weighted by Gasteiger charge is 2.47. The van der Waals surface area contributed by atoms with Gasteiger partial charge in [0.1, 0.15) is 11.2 Å². The number of hydrogen-bond donors (Lipinski definition) is 3.